The highest BCUT2D eigenvalue weighted by Crippen LogP contribution is 2.36. The molecule has 0 saturated heterocycles. The van der Waals surface area contributed by atoms with E-state index in [1.54, 1.807) is 18.2 Å². The van der Waals surface area contributed by atoms with Gasteiger partial charge in [0.25, 0.3) is 0 Å². The Morgan fingerprint density at radius 3 is 2.88 bits per heavy atom. The maximum Gasteiger partial charge on any atom is 0.358 e. The minimum atomic E-state index is -1.13. The van der Waals surface area contributed by atoms with Gasteiger partial charge in [-0.15, -0.1) is 0 Å². The van der Waals surface area contributed by atoms with Gasteiger partial charge in [-0.1, -0.05) is 11.2 Å². The van der Waals surface area contributed by atoms with Crippen molar-refractivity contribution >= 4 is 21.9 Å². The standard InChI is InChI=1S/C11H8BrNO4/c1-16-8-4-2-3-6(12)10(8)9-5-7(11(14)15)13-17-9/h2-5H,1H3,(H,14,15). The molecular formula is C11H8BrNO4. The Bertz CT molecular complexity index is 564. The zero-order valence-electron chi connectivity index (χ0n) is 8.81. The minimum absolute atomic E-state index is 0.141. The van der Waals surface area contributed by atoms with Gasteiger partial charge in [0, 0.05) is 10.5 Å². The number of carbonyl (C=O) groups is 1. The summed E-state index contributed by atoms with van der Waals surface area (Å²) in [5.74, 6) is -0.217. The molecule has 5 nitrogen and oxygen atoms in total. The number of rotatable bonds is 3. The molecule has 88 valence electrons. The SMILES string of the molecule is COc1cccc(Br)c1-c1cc(C(=O)O)no1. The topological polar surface area (TPSA) is 72.6 Å². The molecule has 0 unspecified atom stereocenters. The lowest BCUT2D eigenvalue weighted by atomic mass is 10.1. The Labute approximate surface area is 105 Å². The predicted molar refractivity (Wildman–Crippen MR) is 63.2 cm³/mol. The molecule has 0 radical (unpaired) electrons. The molecule has 2 rings (SSSR count). The van der Waals surface area contributed by atoms with Crippen LogP contribution in [0.5, 0.6) is 5.75 Å². The fourth-order valence-corrected chi connectivity index (χ4v) is 1.95. The smallest absolute Gasteiger partial charge is 0.358 e. The molecule has 0 aliphatic heterocycles. The number of benzene rings is 1. The first-order valence-corrected chi connectivity index (χ1v) is 5.45. The van der Waals surface area contributed by atoms with Crippen molar-refractivity contribution < 1.29 is 19.2 Å². The number of halogens is 1. The minimum Gasteiger partial charge on any atom is -0.496 e. The van der Waals surface area contributed by atoms with Gasteiger partial charge in [-0.05, 0) is 28.1 Å². The first-order chi connectivity index (χ1) is 8.13. The van der Waals surface area contributed by atoms with Crippen molar-refractivity contribution in [2.45, 2.75) is 0 Å². The van der Waals surface area contributed by atoms with Crippen LogP contribution in [-0.4, -0.2) is 23.3 Å². The summed E-state index contributed by atoms with van der Waals surface area (Å²) < 4.78 is 10.9. The summed E-state index contributed by atoms with van der Waals surface area (Å²) in [6.45, 7) is 0. The lowest BCUT2D eigenvalue weighted by Crippen LogP contribution is -1.94. The molecule has 1 heterocycles. The summed E-state index contributed by atoms with van der Waals surface area (Å²) in [6.07, 6.45) is 0. The van der Waals surface area contributed by atoms with E-state index in [-0.39, 0.29) is 5.69 Å². The number of carboxylic acid groups (broad SMARTS) is 1. The molecule has 0 atom stereocenters. The second-order valence-electron chi connectivity index (χ2n) is 3.20. The summed E-state index contributed by atoms with van der Waals surface area (Å²) >= 11 is 3.36. The van der Waals surface area contributed by atoms with Crippen LogP contribution in [-0.2, 0) is 0 Å². The highest BCUT2D eigenvalue weighted by molar-refractivity contribution is 9.10. The van der Waals surface area contributed by atoms with Gasteiger partial charge in [-0.25, -0.2) is 4.79 Å². The number of hydrogen-bond acceptors (Lipinski definition) is 4. The molecule has 0 saturated carbocycles. The summed E-state index contributed by atoms with van der Waals surface area (Å²) in [4.78, 5) is 10.7. The largest absolute Gasteiger partial charge is 0.496 e. The average molecular weight is 298 g/mol. The van der Waals surface area contributed by atoms with Crippen molar-refractivity contribution in [1.82, 2.24) is 5.16 Å². The van der Waals surface area contributed by atoms with Gasteiger partial charge in [-0.2, -0.15) is 0 Å². The Hall–Kier alpha value is -1.82. The Balaban J connectivity index is 2.55. The van der Waals surface area contributed by atoms with Crippen LogP contribution in [0, 0.1) is 0 Å². The van der Waals surface area contributed by atoms with Gasteiger partial charge in [-0.3, -0.25) is 0 Å². The summed E-state index contributed by atoms with van der Waals surface area (Å²) in [5.41, 5.74) is 0.493. The van der Waals surface area contributed by atoms with Crippen LogP contribution >= 0.6 is 15.9 Å². The fourth-order valence-electron chi connectivity index (χ4n) is 1.41. The fraction of sp³-hybridized carbons (Fsp3) is 0.0909. The monoisotopic (exact) mass is 297 g/mol. The number of ether oxygens (including phenoxy) is 1. The first kappa shape index (κ1) is 11.7. The van der Waals surface area contributed by atoms with Gasteiger partial charge >= 0.3 is 5.97 Å². The number of nitrogens with zero attached hydrogens (tertiary/aromatic N) is 1. The van der Waals surface area contributed by atoms with E-state index >= 15 is 0 Å². The van der Waals surface area contributed by atoms with E-state index in [1.165, 1.54) is 13.2 Å². The highest BCUT2D eigenvalue weighted by Gasteiger charge is 2.17. The van der Waals surface area contributed by atoms with Crippen LogP contribution in [0.4, 0.5) is 0 Å². The number of carboxylic acids is 1. The first-order valence-electron chi connectivity index (χ1n) is 4.66. The predicted octanol–water partition coefficient (Wildman–Crippen LogP) is 2.81. The van der Waals surface area contributed by atoms with Crippen LogP contribution < -0.4 is 4.74 Å². The van der Waals surface area contributed by atoms with Crippen LogP contribution in [0.3, 0.4) is 0 Å². The molecule has 1 N–H and O–H groups in total. The van der Waals surface area contributed by atoms with Crippen molar-refractivity contribution in [3.63, 3.8) is 0 Å². The molecule has 0 bridgehead atoms. The van der Waals surface area contributed by atoms with Crippen molar-refractivity contribution in [1.29, 1.82) is 0 Å². The molecule has 0 aliphatic rings. The van der Waals surface area contributed by atoms with Crippen LogP contribution in [0.25, 0.3) is 11.3 Å². The van der Waals surface area contributed by atoms with Gasteiger partial charge in [0.15, 0.2) is 11.5 Å². The number of aromatic nitrogens is 1. The zero-order chi connectivity index (χ0) is 12.4. The zero-order valence-corrected chi connectivity index (χ0v) is 10.4. The van der Waals surface area contributed by atoms with Gasteiger partial charge < -0.3 is 14.4 Å². The second-order valence-corrected chi connectivity index (χ2v) is 4.05. The van der Waals surface area contributed by atoms with E-state index < -0.39 is 5.97 Å². The quantitative estimate of drug-likeness (QED) is 0.943. The number of hydrogen-bond donors (Lipinski definition) is 1. The Kier molecular flexibility index (Phi) is 3.14. The van der Waals surface area contributed by atoms with Gasteiger partial charge in [0.2, 0.25) is 0 Å². The van der Waals surface area contributed by atoms with E-state index in [1.807, 2.05) is 0 Å². The van der Waals surface area contributed by atoms with E-state index in [0.29, 0.717) is 17.1 Å². The molecule has 1 aromatic heterocycles. The molecule has 0 aliphatic carbocycles. The van der Waals surface area contributed by atoms with E-state index in [0.717, 1.165) is 4.47 Å². The van der Waals surface area contributed by atoms with E-state index in [4.69, 9.17) is 14.4 Å². The maximum atomic E-state index is 10.7. The lowest BCUT2D eigenvalue weighted by Gasteiger charge is -2.06. The van der Waals surface area contributed by atoms with Crippen molar-refractivity contribution in [3.8, 4) is 17.1 Å². The van der Waals surface area contributed by atoms with Crippen molar-refractivity contribution in [2.24, 2.45) is 0 Å². The summed E-state index contributed by atoms with van der Waals surface area (Å²) in [7, 11) is 1.53. The molecule has 0 fully saturated rings. The van der Waals surface area contributed by atoms with Gasteiger partial charge in [0.05, 0.1) is 12.7 Å². The third kappa shape index (κ3) is 2.16. The summed E-state index contributed by atoms with van der Waals surface area (Å²) in [6, 6.07) is 6.72. The third-order valence-corrected chi connectivity index (χ3v) is 2.83. The van der Waals surface area contributed by atoms with Crippen molar-refractivity contribution in [3.05, 3.63) is 34.4 Å². The molecule has 17 heavy (non-hydrogen) atoms. The molecule has 0 spiro atoms. The van der Waals surface area contributed by atoms with Crippen LogP contribution in [0.2, 0.25) is 0 Å². The molecular weight excluding hydrogens is 290 g/mol. The number of aromatic carboxylic acids is 1. The molecule has 6 heteroatoms. The van der Waals surface area contributed by atoms with Crippen molar-refractivity contribution in [2.75, 3.05) is 7.11 Å². The van der Waals surface area contributed by atoms with Crippen LogP contribution in [0.1, 0.15) is 10.5 Å². The Morgan fingerprint density at radius 1 is 1.53 bits per heavy atom. The Morgan fingerprint density at radius 2 is 2.29 bits per heavy atom. The number of methoxy groups -OCH3 is 1. The molecule has 1 aromatic carbocycles. The van der Waals surface area contributed by atoms with Crippen LogP contribution in [0.15, 0.2) is 33.3 Å². The lowest BCUT2D eigenvalue weighted by molar-refractivity contribution is 0.0686. The highest BCUT2D eigenvalue weighted by atomic mass is 79.9. The third-order valence-electron chi connectivity index (χ3n) is 2.17. The van der Waals surface area contributed by atoms with Gasteiger partial charge in [0.1, 0.15) is 5.75 Å². The molecule has 2 aromatic rings. The maximum absolute atomic E-state index is 10.7. The summed E-state index contributed by atoms with van der Waals surface area (Å²) in [5, 5.41) is 12.2. The second kappa shape index (κ2) is 4.58. The van der Waals surface area contributed by atoms with E-state index in [2.05, 4.69) is 21.1 Å². The normalized spacial score (nSPS) is 10.2. The average Bonchev–Trinajstić information content (AvgIpc) is 2.77. The molecule has 0 amide bonds. The van der Waals surface area contributed by atoms with E-state index in [9.17, 15) is 4.79 Å².